The normalized spacial score (nSPS) is 14.7. The van der Waals surface area contributed by atoms with Crippen LogP contribution in [0.3, 0.4) is 0 Å². The van der Waals surface area contributed by atoms with Gasteiger partial charge in [-0.15, -0.1) is 5.10 Å². The van der Waals surface area contributed by atoms with Crippen molar-refractivity contribution >= 4 is 29.4 Å². The predicted octanol–water partition coefficient (Wildman–Crippen LogP) is 0.972. The van der Waals surface area contributed by atoms with Gasteiger partial charge in [0.25, 0.3) is 5.78 Å². The first-order valence-electron chi connectivity index (χ1n) is 8.74. The van der Waals surface area contributed by atoms with Gasteiger partial charge in [-0.25, -0.2) is 19.5 Å². The Labute approximate surface area is 160 Å². The molecular weight excluding hydrogens is 364 g/mol. The molecule has 1 saturated heterocycles. The zero-order valence-electron chi connectivity index (χ0n) is 15.2. The van der Waals surface area contributed by atoms with E-state index in [1.807, 2.05) is 24.8 Å². The number of piperazine rings is 1. The fraction of sp³-hybridized carbons (Fsp3) is 0.412. The highest BCUT2D eigenvalue weighted by molar-refractivity contribution is 7.99. The van der Waals surface area contributed by atoms with Crippen LogP contribution in [0, 0.1) is 13.8 Å². The van der Waals surface area contributed by atoms with Crippen LogP contribution in [0.15, 0.2) is 29.7 Å². The van der Waals surface area contributed by atoms with E-state index in [9.17, 15) is 4.79 Å². The Bertz CT molecular complexity index is 952. The molecule has 0 radical (unpaired) electrons. The van der Waals surface area contributed by atoms with Gasteiger partial charge in [0.15, 0.2) is 0 Å². The fourth-order valence-corrected chi connectivity index (χ4v) is 3.76. The minimum absolute atomic E-state index is 0.0911. The van der Waals surface area contributed by atoms with Crippen LogP contribution in [0.25, 0.3) is 5.78 Å². The van der Waals surface area contributed by atoms with Crippen LogP contribution in [0.2, 0.25) is 0 Å². The van der Waals surface area contributed by atoms with E-state index in [1.165, 1.54) is 11.8 Å². The molecular formula is C17H20N8OS. The van der Waals surface area contributed by atoms with Gasteiger partial charge >= 0.3 is 0 Å². The van der Waals surface area contributed by atoms with Crippen molar-refractivity contribution in [1.82, 2.24) is 34.4 Å². The fourth-order valence-electron chi connectivity index (χ4n) is 3.04. The Morgan fingerprint density at radius 2 is 1.85 bits per heavy atom. The highest BCUT2D eigenvalue weighted by Gasteiger charge is 2.23. The molecule has 1 fully saturated rings. The van der Waals surface area contributed by atoms with E-state index in [1.54, 1.807) is 23.0 Å². The highest BCUT2D eigenvalue weighted by Crippen LogP contribution is 2.17. The number of carbonyl (C=O) groups is 1. The van der Waals surface area contributed by atoms with Gasteiger partial charge in [0.2, 0.25) is 17.0 Å². The number of nitrogens with zero attached hydrogens (tertiary/aromatic N) is 8. The number of hydrogen-bond acceptors (Lipinski definition) is 8. The van der Waals surface area contributed by atoms with Crippen LogP contribution in [0.1, 0.15) is 11.4 Å². The van der Waals surface area contributed by atoms with Crippen molar-refractivity contribution in [3.05, 3.63) is 35.9 Å². The maximum atomic E-state index is 12.5. The van der Waals surface area contributed by atoms with Crippen molar-refractivity contribution in [2.24, 2.45) is 0 Å². The summed E-state index contributed by atoms with van der Waals surface area (Å²) in [5.41, 5.74) is 1.88. The molecule has 0 aliphatic carbocycles. The Hall–Kier alpha value is -2.75. The Morgan fingerprint density at radius 3 is 2.59 bits per heavy atom. The Morgan fingerprint density at radius 1 is 1.11 bits per heavy atom. The summed E-state index contributed by atoms with van der Waals surface area (Å²) in [7, 11) is 0. The summed E-state index contributed by atoms with van der Waals surface area (Å²) in [4.78, 5) is 33.8. The summed E-state index contributed by atoms with van der Waals surface area (Å²) in [6.07, 6.45) is 3.47. The van der Waals surface area contributed by atoms with Gasteiger partial charge in [0, 0.05) is 50.0 Å². The second-order valence-electron chi connectivity index (χ2n) is 6.35. The first-order chi connectivity index (χ1) is 13.1. The van der Waals surface area contributed by atoms with E-state index in [0.29, 0.717) is 35.7 Å². The van der Waals surface area contributed by atoms with Crippen molar-refractivity contribution in [1.29, 1.82) is 0 Å². The molecule has 9 nitrogen and oxygen atoms in total. The number of aryl methyl sites for hydroxylation is 2. The minimum Gasteiger partial charge on any atom is -0.338 e. The zero-order valence-corrected chi connectivity index (χ0v) is 16.1. The number of thioether (sulfide) groups is 1. The first kappa shape index (κ1) is 17.7. The SMILES string of the molecule is Cc1cc(C)n2nc(SCC(=O)N3CCN(c4ncccn4)CC3)nc2n1. The van der Waals surface area contributed by atoms with Crippen LogP contribution < -0.4 is 4.90 Å². The summed E-state index contributed by atoms with van der Waals surface area (Å²) < 4.78 is 1.71. The predicted molar refractivity (Wildman–Crippen MR) is 102 cm³/mol. The summed E-state index contributed by atoms with van der Waals surface area (Å²) in [5, 5.41) is 5.00. The highest BCUT2D eigenvalue weighted by atomic mass is 32.2. The van der Waals surface area contributed by atoms with Crippen molar-refractivity contribution in [3.63, 3.8) is 0 Å². The van der Waals surface area contributed by atoms with Gasteiger partial charge in [-0.3, -0.25) is 4.79 Å². The lowest BCUT2D eigenvalue weighted by Gasteiger charge is -2.34. The lowest BCUT2D eigenvalue weighted by atomic mass is 10.3. The van der Waals surface area contributed by atoms with Gasteiger partial charge < -0.3 is 9.80 Å². The number of hydrogen-bond donors (Lipinski definition) is 0. The summed E-state index contributed by atoms with van der Waals surface area (Å²) in [6, 6.07) is 3.75. The standard InChI is InChI=1S/C17H20N8OS/c1-12-10-13(2)25-16(20-12)21-17(22-25)27-11-14(26)23-6-8-24(9-7-23)15-18-4-3-5-19-15/h3-5,10H,6-9,11H2,1-2H3. The van der Waals surface area contributed by atoms with Crippen LogP contribution in [0.4, 0.5) is 5.95 Å². The van der Waals surface area contributed by atoms with Gasteiger partial charge in [-0.05, 0) is 26.0 Å². The Kier molecular flexibility index (Phi) is 4.88. The Balaban J connectivity index is 1.33. The molecule has 0 saturated carbocycles. The van der Waals surface area contributed by atoms with Crippen molar-refractivity contribution < 1.29 is 4.79 Å². The molecule has 1 aliphatic heterocycles. The van der Waals surface area contributed by atoms with Crippen LogP contribution in [0.5, 0.6) is 0 Å². The summed E-state index contributed by atoms with van der Waals surface area (Å²) >= 11 is 1.35. The molecule has 1 aliphatic rings. The molecule has 0 bridgehead atoms. The van der Waals surface area contributed by atoms with E-state index in [-0.39, 0.29) is 5.91 Å². The molecule has 3 aromatic rings. The number of aromatic nitrogens is 6. The molecule has 0 spiro atoms. The van der Waals surface area contributed by atoms with E-state index in [0.717, 1.165) is 24.5 Å². The maximum Gasteiger partial charge on any atom is 0.253 e. The minimum atomic E-state index is 0.0911. The summed E-state index contributed by atoms with van der Waals surface area (Å²) in [5.74, 6) is 1.69. The van der Waals surface area contributed by atoms with E-state index in [4.69, 9.17) is 0 Å². The number of rotatable bonds is 4. The molecule has 27 heavy (non-hydrogen) atoms. The number of anilines is 1. The third-order valence-corrected chi connectivity index (χ3v) is 5.21. The molecule has 1 amide bonds. The molecule has 0 aromatic carbocycles. The van der Waals surface area contributed by atoms with E-state index in [2.05, 4.69) is 29.9 Å². The zero-order chi connectivity index (χ0) is 18.8. The maximum absolute atomic E-state index is 12.5. The molecule has 3 aromatic heterocycles. The first-order valence-corrected chi connectivity index (χ1v) is 9.72. The lowest BCUT2D eigenvalue weighted by molar-refractivity contribution is -0.128. The third-order valence-electron chi connectivity index (χ3n) is 4.39. The molecule has 0 atom stereocenters. The lowest BCUT2D eigenvalue weighted by Crippen LogP contribution is -2.49. The van der Waals surface area contributed by atoms with Gasteiger partial charge in [-0.1, -0.05) is 11.8 Å². The van der Waals surface area contributed by atoms with Gasteiger partial charge in [0.05, 0.1) is 5.75 Å². The molecule has 4 rings (SSSR count). The van der Waals surface area contributed by atoms with E-state index >= 15 is 0 Å². The molecule has 0 N–H and O–H groups in total. The average molecular weight is 384 g/mol. The van der Waals surface area contributed by atoms with Crippen LogP contribution in [-0.2, 0) is 4.79 Å². The molecule has 140 valence electrons. The van der Waals surface area contributed by atoms with Crippen molar-refractivity contribution in [2.45, 2.75) is 19.0 Å². The number of fused-ring (bicyclic) bond motifs is 1. The van der Waals surface area contributed by atoms with Crippen molar-refractivity contribution in [2.75, 3.05) is 36.8 Å². The second-order valence-corrected chi connectivity index (χ2v) is 7.29. The van der Waals surface area contributed by atoms with Crippen LogP contribution in [-0.4, -0.2) is 72.3 Å². The van der Waals surface area contributed by atoms with Gasteiger partial charge in [-0.2, -0.15) is 4.98 Å². The average Bonchev–Trinajstić information content (AvgIpc) is 3.10. The number of carbonyl (C=O) groups excluding carboxylic acids is 1. The summed E-state index contributed by atoms with van der Waals surface area (Å²) in [6.45, 7) is 6.68. The number of amides is 1. The molecule has 0 unspecified atom stereocenters. The second kappa shape index (κ2) is 7.47. The quantitative estimate of drug-likeness (QED) is 0.615. The monoisotopic (exact) mass is 384 g/mol. The molecule has 4 heterocycles. The topological polar surface area (TPSA) is 92.4 Å². The third kappa shape index (κ3) is 3.85. The van der Waals surface area contributed by atoms with Gasteiger partial charge in [0.1, 0.15) is 0 Å². The molecule has 10 heteroatoms. The van der Waals surface area contributed by atoms with Crippen molar-refractivity contribution in [3.8, 4) is 0 Å². The smallest absolute Gasteiger partial charge is 0.253 e. The largest absolute Gasteiger partial charge is 0.338 e. The van der Waals surface area contributed by atoms with Crippen LogP contribution >= 0.6 is 11.8 Å². The van der Waals surface area contributed by atoms with E-state index < -0.39 is 0 Å².